The molecule has 0 N–H and O–H groups in total. The van der Waals surface area contributed by atoms with Gasteiger partial charge in [-0.1, -0.05) is 11.6 Å². The summed E-state index contributed by atoms with van der Waals surface area (Å²) in [5.41, 5.74) is 0.576. The normalized spacial score (nSPS) is 16.8. The Morgan fingerprint density at radius 1 is 1.31 bits per heavy atom. The highest BCUT2D eigenvalue weighted by Crippen LogP contribution is 2.45. The third kappa shape index (κ3) is 2.09. The van der Waals surface area contributed by atoms with Crippen LogP contribution < -0.4 is 4.74 Å². The zero-order valence-electron chi connectivity index (χ0n) is 7.94. The summed E-state index contributed by atoms with van der Waals surface area (Å²) in [6, 6.07) is 2.81. The fraction of sp³-hybridized carbons (Fsp3) is 0.400. The highest BCUT2D eigenvalue weighted by Gasteiger charge is 2.42. The van der Waals surface area contributed by atoms with Crippen molar-refractivity contribution in [3.63, 3.8) is 0 Å². The van der Waals surface area contributed by atoms with Gasteiger partial charge in [0.1, 0.15) is 5.75 Å². The first-order valence-electron chi connectivity index (χ1n) is 4.55. The smallest absolute Gasteiger partial charge is 0.409 e. The largest absolute Gasteiger partial charge is 0.493 e. The van der Waals surface area contributed by atoms with Gasteiger partial charge in [0.15, 0.2) is 5.38 Å². The molecule has 0 aliphatic carbocycles. The first-order chi connectivity index (χ1) is 7.39. The molecule has 1 aliphatic rings. The Bertz CT molecular complexity index is 417. The number of rotatable bonds is 1. The van der Waals surface area contributed by atoms with Crippen molar-refractivity contribution in [1.82, 2.24) is 0 Å². The number of hydrogen-bond donors (Lipinski definition) is 0. The van der Waals surface area contributed by atoms with Gasteiger partial charge in [-0.3, -0.25) is 0 Å². The molecular weight excluding hydrogens is 264 g/mol. The molecule has 1 heterocycles. The van der Waals surface area contributed by atoms with E-state index in [-0.39, 0.29) is 16.3 Å². The molecule has 0 aromatic heterocycles. The number of alkyl halides is 4. The second-order valence-corrected chi connectivity index (χ2v) is 4.36. The number of benzene rings is 1. The van der Waals surface area contributed by atoms with E-state index >= 15 is 0 Å². The van der Waals surface area contributed by atoms with E-state index in [4.69, 9.17) is 27.9 Å². The highest BCUT2D eigenvalue weighted by molar-refractivity contribution is 6.31. The third-order valence-corrected chi connectivity index (χ3v) is 3.04. The average Bonchev–Trinajstić information content (AvgIpc) is 2.61. The predicted octanol–water partition coefficient (Wildman–Crippen LogP) is 4.12. The Morgan fingerprint density at radius 2 is 2.00 bits per heavy atom. The maximum absolute atomic E-state index is 12.5. The van der Waals surface area contributed by atoms with E-state index in [0.29, 0.717) is 18.6 Å². The summed E-state index contributed by atoms with van der Waals surface area (Å²) in [6.07, 6.45) is -3.95. The molecule has 1 aromatic rings. The van der Waals surface area contributed by atoms with E-state index in [2.05, 4.69) is 0 Å². The Morgan fingerprint density at radius 3 is 2.62 bits per heavy atom. The minimum Gasteiger partial charge on any atom is -0.493 e. The van der Waals surface area contributed by atoms with Crippen molar-refractivity contribution in [1.29, 1.82) is 0 Å². The average molecular weight is 271 g/mol. The van der Waals surface area contributed by atoms with Crippen LogP contribution in [-0.2, 0) is 6.42 Å². The molecule has 0 saturated heterocycles. The minimum absolute atomic E-state index is 0.103. The second kappa shape index (κ2) is 4.00. The molecule has 88 valence electrons. The molecule has 0 radical (unpaired) electrons. The van der Waals surface area contributed by atoms with Gasteiger partial charge in [0.2, 0.25) is 0 Å². The lowest BCUT2D eigenvalue weighted by Gasteiger charge is -2.17. The third-order valence-electron chi connectivity index (χ3n) is 2.34. The lowest BCUT2D eigenvalue weighted by Crippen LogP contribution is -2.16. The van der Waals surface area contributed by atoms with E-state index in [1.165, 1.54) is 6.07 Å². The molecule has 1 unspecified atom stereocenters. The first kappa shape index (κ1) is 11.9. The molecule has 2 rings (SSSR count). The number of hydrogen-bond acceptors (Lipinski definition) is 1. The zero-order valence-corrected chi connectivity index (χ0v) is 9.46. The van der Waals surface area contributed by atoms with Gasteiger partial charge in [-0.2, -0.15) is 13.2 Å². The van der Waals surface area contributed by atoms with Crippen molar-refractivity contribution in [2.24, 2.45) is 0 Å². The van der Waals surface area contributed by atoms with E-state index < -0.39 is 11.6 Å². The SMILES string of the molecule is FC(F)(F)C(Cl)c1cc(Cl)cc2c1OCC2. The molecule has 16 heavy (non-hydrogen) atoms. The first-order valence-corrected chi connectivity index (χ1v) is 5.37. The van der Waals surface area contributed by atoms with Gasteiger partial charge >= 0.3 is 6.18 Å². The summed E-state index contributed by atoms with van der Waals surface area (Å²) in [5.74, 6) is 0.224. The van der Waals surface area contributed by atoms with Gasteiger partial charge in [0.25, 0.3) is 0 Å². The topological polar surface area (TPSA) is 9.23 Å². The second-order valence-electron chi connectivity index (χ2n) is 3.49. The molecule has 1 aliphatic heterocycles. The van der Waals surface area contributed by atoms with Crippen LogP contribution in [0.2, 0.25) is 5.02 Å². The molecule has 0 spiro atoms. The van der Waals surface area contributed by atoms with Gasteiger partial charge in [-0.25, -0.2) is 0 Å². The van der Waals surface area contributed by atoms with Crippen molar-refractivity contribution in [2.45, 2.75) is 18.0 Å². The molecule has 0 saturated carbocycles. The number of fused-ring (bicyclic) bond motifs is 1. The monoisotopic (exact) mass is 270 g/mol. The predicted molar refractivity (Wildman–Crippen MR) is 55.3 cm³/mol. The van der Waals surface area contributed by atoms with Crippen molar-refractivity contribution in [3.05, 3.63) is 28.3 Å². The standard InChI is InChI=1S/C10H7Cl2F3O/c11-6-3-5-1-2-16-8(5)7(4-6)9(12)10(13,14)15/h3-4,9H,1-2H2. The summed E-state index contributed by atoms with van der Waals surface area (Å²) in [6.45, 7) is 0.365. The molecule has 0 bridgehead atoms. The van der Waals surface area contributed by atoms with E-state index in [9.17, 15) is 13.2 Å². The van der Waals surface area contributed by atoms with Gasteiger partial charge in [0.05, 0.1) is 6.61 Å². The molecule has 1 nitrogen and oxygen atoms in total. The van der Waals surface area contributed by atoms with Crippen LogP contribution in [0, 0.1) is 0 Å². The summed E-state index contributed by atoms with van der Waals surface area (Å²) < 4.78 is 42.7. The Hall–Kier alpha value is -0.610. The summed E-state index contributed by atoms with van der Waals surface area (Å²) >= 11 is 11.1. The van der Waals surface area contributed by atoms with Gasteiger partial charge in [-0.05, 0) is 17.7 Å². The van der Waals surface area contributed by atoms with Crippen molar-refractivity contribution in [3.8, 4) is 5.75 Å². The van der Waals surface area contributed by atoms with Crippen molar-refractivity contribution >= 4 is 23.2 Å². The molecule has 0 fully saturated rings. The van der Waals surface area contributed by atoms with Crippen LogP contribution in [0.4, 0.5) is 13.2 Å². The van der Waals surface area contributed by atoms with E-state index in [0.717, 1.165) is 0 Å². The number of ether oxygens (including phenoxy) is 1. The van der Waals surface area contributed by atoms with Crippen LogP contribution in [0.5, 0.6) is 5.75 Å². The quantitative estimate of drug-likeness (QED) is 0.698. The minimum atomic E-state index is -4.51. The molecule has 1 atom stereocenters. The van der Waals surface area contributed by atoms with Crippen LogP contribution in [0.1, 0.15) is 16.5 Å². The number of halogens is 5. The molecular formula is C10H7Cl2F3O. The summed E-state index contributed by atoms with van der Waals surface area (Å²) in [7, 11) is 0. The van der Waals surface area contributed by atoms with Gasteiger partial charge in [-0.15, -0.1) is 11.6 Å². The Labute approximate surface area is 100 Å². The molecule has 0 amide bonds. The van der Waals surface area contributed by atoms with Crippen LogP contribution in [0.15, 0.2) is 12.1 Å². The van der Waals surface area contributed by atoms with E-state index in [1.54, 1.807) is 6.07 Å². The van der Waals surface area contributed by atoms with Crippen LogP contribution in [0.3, 0.4) is 0 Å². The van der Waals surface area contributed by atoms with Gasteiger partial charge in [0, 0.05) is 17.0 Å². The van der Waals surface area contributed by atoms with Crippen LogP contribution >= 0.6 is 23.2 Å². The fourth-order valence-electron chi connectivity index (χ4n) is 1.66. The zero-order chi connectivity index (χ0) is 11.9. The summed E-state index contributed by atoms with van der Waals surface area (Å²) in [4.78, 5) is 0. The molecule has 6 heteroatoms. The van der Waals surface area contributed by atoms with Gasteiger partial charge < -0.3 is 4.74 Å². The van der Waals surface area contributed by atoms with Crippen molar-refractivity contribution < 1.29 is 17.9 Å². The lowest BCUT2D eigenvalue weighted by molar-refractivity contribution is -0.132. The maximum Gasteiger partial charge on any atom is 0.409 e. The lowest BCUT2D eigenvalue weighted by atomic mass is 10.1. The highest BCUT2D eigenvalue weighted by atomic mass is 35.5. The van der Waals surface area contributed by atoms with E-state index in [1.807, 2.05) is 0 Å². The Kier molecular flexibility index (Phi) is 2.97. The van der Waals surface area contributed by atoms with Crippen molar-refractivity contribution in [2.75, 3.05) is 6.61 Å². The molecule has 1 aromatic carbocycles. The van der Waals surface area contributed by atoms with Crippen LogP contribution in [-0.4, -0.2) is 12.8 Å². The fourth-order valence-corrected chi connectivity index (χ4v) is 2.07. The van der Waals surface area contributed by atoms with Crippen LogP contribution in [0.25, 0.3) is 0 Å². The maximum atomic E-state index is 12.5. The Balaban J connectivity index is 2.49. The summed E-state index contributed by atoms with van der Waals surface area (Å²) in [5, 5.41) is -1.84.